The van der Waals surface area contributed by atoms with Crippen molar-refractivity contribution in [1.82, 2.24) is 9.13 Å². The smallest absolute Gasteiger partial charge is 0.0640 e. The normalized spacial score (nSPS) is 11.8. The van der Waals surface area contributed by atoms with Gasteiger partial charge >= 0.3 is 0 Å². The highest BCUT2D eigenvalue weighted by Gasteiger charge is 2.21. The first kappa shape index (κ1) is 36.5. The fourth-order valence-electron chi connectivity index (χ4n) is 10.1. The van der Waals surface area contributed by atoms with Crippen LogP contribution in [0.1, 0.15) is 0 Å². The molecule has 0 saturated heterocycles. The fourth-order valence-corrected chi connectivity index (χ4v) is 11.3. The number of aromatic nitrogens is 2. The summed E-state index contributed by atoms with van der Waals surface area (Å²) in [6, 6.07) is 86.3. The molecule has 13 rings (SSSR count). The fraction of sp³-hybridized carbons (Fsp3) is 0. The molecule has 300 valence electrons. The zero-order chi connectivity index (χ0) is 42.1. The topological polar surface area (TPSA) is 13.1 Å². The SMILES string of the molecule is c1ccc(-n2c3ccccc3c3ccccc32)c(-c2ccc(N(c3ccc(-c4ccccc4-n4c5ccccc5c5ccccc54)cc3)c3cccc4c3sc3ccccc34)cc2)c1. The van der Waals surface area contributed by atoms with Crippen molar-refractivity contribution >= 4 is 92.2 Å². The summed E-state index contributed by atoms with van der Waals surface area (Å²) in [5.41, 5.74) is 15.2. The Kier molecular flexibility index (Phi) is 8.40. The minimum absolute atomic E-state index is 1.10. The van der Waals surface area contributed by atoms with Gasteiger partial charge in [0.25, 0.3) is 0 Å². The summed E-state index contributed by atoms with van der Waals surface area (Å²) in [7, 11) is 0. The third kappa shape index (κ3) is 5.66. The number of anilines is 3. The Morgan fingerprint density at radius 2 is 0.672 bits per heavy atom. The van der Waals surface area contributed by atoms with Crippen molar-refractivity contribution in [1.29, 1.82) is 0 Å². The molecule has 4 heteroatoms. The van der Waals surface area contributed by atoms with E-state index in [1.807, 2.05) is 11.3 Å². The second-order valence-corrected chi connectivity index (χ2v) is 17.5. The Bertz CT molecular complexity index is 3600. The molecule has 0 amide bonds. The van der Waals surface area contributed by atoms with E-state index in [4.69, 9.17) is 0 Å². The standard InChI is InChI=1S/C60H39N3S/c1-8-24-52(62-54-26-10-3-18-46(54)47-19-4-11-27-55(47)62)44(16-1)40-32-36-42(37-33-40)61(58-30-15-23-51-50-22-7-14-31-59(50)64-60(51)58)43-38-34-41(35-39-43)45-17-2-9-25-53(45)63-56-28-12-5-20-48(56)49-21-6-13-29-57(49)63/h1-39H. The van der Waals surface area contributed by atoms with Crippen LogP contribution >= 0.6 is 11.3 Å². The summed E-state index contributed by atoms with van der Waals surface area (Å²) in [6.07, 6.45) is 0. The van der Waals surface area contributed by atoms with Crippen LogP contribution in [-0.4, -0.2) is 9.13 Å². The van der Waals surface area contributed by atoms with Gasteiger partial charge in [-0.2, -0.15) is 0 Å². The van der Waals surface area contributed by atoms with Crippen molar-refractivity contribution < 1.29 is 0 Å². The van der Waals surface area contributed by atoms with Gasteiger partial charge in [-0.3, -0.25) is 0 Å². The van der Waals surface area contributed by atoms with Crippen LogP contribution in [0.5, 0.6) is 0 Å². The van der Waals surface area contributed by atoms with Gasteiger partial charge in [0.2, 0.25) is 0 Å². The third-order valence-electron chi connectivity index (χ3n) is 12.9. The molecule has 0 aliphatic heterocycles. The lowest BCUT2D eigenvalue weighted by atomic mass is 10.0. The lowest BCUT2D eigenvalue weighted by Crippen LogP contribution is -2.10. The van der Waals surface area contributed by atoms with Crippen LogP contribution in [0.3, 0.4) is 0 Å². The average Bonchev–Trinajstić information content (AvgIpc) is 4.03. The van der Waals surface area contributed by atoms with E-state index >= 15 is 0 Å². The number of benzene rings is 10. The number of rotatable bonds is 7. The molecule has 0 N–H and O–H groups in total. The van der Waals surface area contributed by atoms with Crippen LogP contribution in [-0.2, 0) is 0 Å². The molecule has 13 aromatic rings. The molecule has 0 aliphatic rings. The van der Waals surface area contributed by atoms with E-state index < -0.39 is 0 Å². The molecule has 3 heterocycles. The molecule has 10 aromatic carbocycles. The van der Waals surface area contributed by atoms with E-state index in [9.17, 15) is 0 Å². The minimum atomic E-state index is 1.10. The second kappa shape index (κ2) is 14.7. The summed E-state index contributed by atoms with van der Waals surface area (Å²) in [6.45, 7) is 0. The van der Waals surface area contributed by atoms with Crippen LogP contribution in [0.15, 0.2) is 237 Å². The first-order chi connectivity index (χ1) is 31.8. The molecule has 0 aliphatic carbocycles. The molecule has 0 spiro atoms. The van der Waals surface area contributed by atoms with Crippen molar-refractivity contribution in [2.24, 2.45) is 0 Å². The number of thiophene rings is 1. The number of hydrogen-bond donors (Lipinski definition) is 0. The minimum Gasteiger partial charge on any atom is -0.309 e. The predicted octanol–water partition coefficient (Wildman–Crippen LogP) is 17.1. The van der Waals surface area contributed by atoms with Crippen LogP contribution in [0.4, 0.5) is 17.1 Å². The average molecular weight is 834 g/mol. The van der Waals surface area contributed by atoms with Gasteiger partial charge in [0.1, 0.15) is 0 Å². The summed E-state index contributed by atoms with van der Waals surface area (Å²) in [5, 5.41) is 7.60. The van der Waals surface area contributed by atoms with E-state index in [-0.39, 0.29) is 0 Å². The Labute approximate surface area is 374 Å². The van der Waals surface area contributed by atoms with Crippen LogP contribution in [0, 0.1) is 0 Å². The molecule has 0 bridgehead atoms. The molecule has 64 heavy (non-hydrogen) atoms. The van der Waals surface area contributed by atoms with E-state index in [1.54, 1.807) is 0 Å². The predicted molar refractivity (Wildman–Crippen MR) is 274 cm³/mol. The lowest BCUT2D eigenvalue weighted by Gasteiger charge is -2.27. The van der Waals surface area contributed by atoms with Crippen molar-refractivity contribution in [2.45, 2.75) is 0 Å². The molecular weight excluding hydrogens is 795 g/mol. The summed E-state index contributed by atoms with van der Waals surface area (Å²) in [5.74, 6) is 0. The van der Waals surface area contributed by atoms with Crippen molar-refractivity contribution in [3.05, 3.63) is 237 Å². The number of fused-ring (bicyclic) bond motifs is 9. The largest absolute Gasteiger partial charge is 0.309 e. The Hall–Kier alpha value is -8.18. The maximum atomic E-state index is 2.43. The highest BCUT2D eigenvalue weighted by atomic mass is 32.1. The van der Waals surface area contributed by atoms with Gasteiger partial charge in [0, 0.05) is 59.5 Å². The Morgan fingerprint density at radius 1 is 0.297 bits per heavy atom. The van der Waals surface area contributed by atoms with Gasteiger partial charge in [0.15, 0.2) is 0 Å². The summed E-state index contributed by atoms with van der Waals surface area (Å²) in [4.78, 5) is 2.43. The van der Waals surface area contributed by atoms with E-state index in [0.29, 0.717) is 0 Å². The lowest BCUT2D eigenvalue weighted by molar-refractivity contribution is 1.18. The Balaban J connectivity index is 0.949. The number of hydrogen-bond acceptors (Lipinski definition) is 2. The molecule has 3 aromatic heterocycles. The number of nitrogens with zero attached hydrogens (tertiary/aromatic N) is 3. The van der Waals surface area contributed by atoms with E-state index in [1.165, 1.54) is 86.0 Å². The van der Waals surface area contributed by atoms with Crippen LogP contribution < -0.4 is 4.90 Å². The molecular formula is C60H39N3S. The summed E-state index contributed by atoms with van der Waals surface area (Å²) < 4.78 is 7.40. The van der Waals surface area contributed by atoms with Crippen molar-refractivity contribution in [2.75, 3.05) is 4.90 Å². The van der Waals surface area contributed by atoms with E-state index in [0.717, 1.165) is 28.4 Å². The van der Waals surface area contributed by atoms with Crippen molar-refractivity contribution in [3.63, 3.8) is 0 Å². The van der Waals surface area contributed by atoms with Crippen molar-refractivity contribution in [3.8, 4) is 33.6 Å². The van der Waals surface area contributed by atoms with Gasteiger partial charge in [-0.15, -0.1) is 11.3 Å². The zero-order valence-electron chi connectivity index (χ0n) is 34.8. The second-order valence-electron chi connectivity index (χ2n) is 16.5. The monoisotopic (exact) mass is 833 g/mol. The molecule has 3 nitrogen and oxygen atoms in total. The van der Waals surface area contributed by atoms with E-state index in [2.05, 4.69) is 251 Å². The Morgan fingerprint density at radius 3 is 1.14 bits per heavy atom. The van der Waals surface area contributed by atoms with Crippen LogP contribution in [0.25, 0.3) is 97.4 Å². The van der Waals surface area contributed by atoms with Gasteiger partial charge in [-0.05, 0) is 83.9 Å². The van der Waals surface area contributed by atoms with Crippen LogP contribution in [0.2, 0.25) is 0 Å². The van der Waals surface area contributed by atoms with Gasteiger partial charge in [-0.25, -0.2) is 0 Å². The number of para-hydroxylation sites is 6. The maximum absolute atomic E-state index is 2.43. The molecule has 0 radical (unpaired) electrons. The molecule has 0 fully saturated rings. The molecule has 0 saturated carbocycles. The van der Waals surface area contributed by atoms with Gasteiger partial charge < -0.3 is 14.0 Å². The quantitative estimate of drug-likeness (QED) is 0.156. The first-order valence-electron chi connectivity index (χ1n) is 21.8. The first-order valence-corrected chi connectivity index (χ1v) is 22.7. The zero-order valence-corrected chi connectivity index (χ0v) is 35.6. The molecule has 0 unspecified atom stereocenters. The summed E-state index contributed by atoms with van der Waals surface area (Å²) >= 11 is 1.86. The maximum Gasteiger partial charge on any atom is 0.0640 e. The highest BCUT2D eigenvalue weighted by molar-refractivity contribution is 7.26. The van der Waals surface area contributed by atoms with Gasteiger partial charge in [0.05, 0.1) is 43.8 Å². The molecule has 0 atom stereocenters. The third-order valence-corrected chi connectivity index (χ3v) is 14.2. The highest BCUT2D eigenvalue weighted by Crippen LogP contribution is 2.46. The van der Waals surface area contributed by atoms with Gasteiger partial charge in [-0.1, -0.05) is 164 Å².